The Hall–Kier alpha value is -1.22. The van der Waals surface area contributed by atoms with E-state index >= 15 is 0 Å². The minimum absolute atomic E-state index is 0.0641. The molecule has 1 aromatic rings. The van der Waals surface area contributed by atoms with Crippen LogP contribution in [0.15, 0.2) is 17.5 Å². The number of ether oxygens (including phenoxy) is 2. The van der Waals surface area contributed by atoms with Crippen molar-refractivity contribution in [2.45, 2.75) is 22.3 Å². The highest BCUT2D eigenvalue weighted by atomic mass is 35.6. The van der Waals surface area contributed by atoms with E-state index in [-0.39, 0.29) is 13.0 Å². The maximum absolute atomic E-state index is 11.7. The summed E-state index contributed by atoms with van der Waals surface area (Å²) in [5, 5.41) is 6.70. The largest absolute Gasteiger partial charge is 0.463 e. The Morgan fingerprint density at radius 3 is 2.67 bits per heavy atom. The van der Waals surface area contributed by atoms with Gasteiger partial charge in [0, 0.05) is 4.88 Å². The van der Waals surface area contributed by atoms with Crippen molar-refractivity contribution in [3.8, 4) is 0 Å². The number of thiophene rings is 1. The summed E-state index contributed by atoms with van der Waals surface area (Å²) in [5.41, 5.74) is 0. The topological polar surface area (TPSA) is 93.7 Å². The van der Waals surface area contributed by atoms with Crippen LogP contribution in [0.2, 0.25) is 0 Å². The normalized spacial score (nSPS) is 19.9. The van der Waals surface area contributed by atoms with Crippen LogP contribution in [0.1, 0.15) is 4.88 Å². The molecule has 24 heavy (non-hydrogen) atoms. The summed E-state index contributed by atoms with van der Waals surface area (Å²) in [4.78, 5) is 35.6. The van der Waals surface area contributed by atoms with Gasteiger partial charge < -0.3 is 20.1 Å². The third-order valence-corrected chi connectivity index (χ3v) is 4.18. The lowest BCUT2D eigenvalue weighted by molar-refractivity contribution is -0.147. The van der Waals surface area contributed by atoms with Gasteiger partial charge in [0.2, 0.25) is 9.70 Å². The summed E-state index contributed by atoms with van der Waals surface area (Å²) >= 11 is 17.8. The summed E-state index contributed by atoms with van der Waals surface area (Å²) in [5.74, 6) is -0.837. The number of β-lactam (4-membered cyclic amide) rings is 1. The Kier molecular flexibility index (Phi) is 6.56. The molecular weight excluding hydrogens is 403 g/mol. The monoisotopic (exact) mass is 414 g/mol. The average molecular weight is 416 g/mol. The van der Waals surface area contributed by atoms with Crippen molar-refractivity contribution in [2.24, 2.45) is 0 Å². The third kappa shape index (κ3) is 6.01. The zero-order valence-electron chi connectivity index (χ0n) is 12.1. The van der Waals surface area contributed by atoms with Crippen molar-refractivity contribution in [2.75, 3.05) is 13.2 Å². The number of hydrogen-bond acceptors (Lipinski definition) is 6. The second-order valence-electron chi connectivity index (χ2n) is 4.87. The number of halogens is 3. The van der Waals surface area contributed by atoms with Crippen LogP contribution in [0.3, 0.4) is 0 Å². The molecule has 1 fully saturated rings. The maximum atomic E-state index is 11.7. The number of carbonyl (C=O) groups is 3. The number of esters is 1. The summed E-state index contributed by atoms with van der Waals surface area (Å²) < 4.78 is 8.02. The highest BCUT2D eigenvalue weighted by Gasteiger charge is 2.41. The van der Waals surface area contributed by atoms with Crippen molar-refractivity contribution < 1.29 is 23.9 Å². The molecule has 0 spiro atoms. The number of alkyl carbamates (subject to hydrolysis) is 1. The van der Waals surface area contributed by atoms with Crippen LogP contribution >= 0.6 is 46.1 Å². The van der Waals surface area contributed by atoms with Crippen LogP contribution in [0, 0.1) is 0 Å². The van der Waals surface area contributed by atoms with Crippen molar-refractivity contribution in [3.05, 3.63) is 22.4 Å². The van der Waals surface area contributed by atoms with Crippen LogP contribution in [0.25, 0.3) is 0 Å². The molecule has 132 valence electrons. The second-order valence-corrected chi connectivity index (χ2v) is 8.42. The molecule has 2 heterocycles. The highest BCUT2D eigenvalue weighted by Crippen LogP contribution is 2.25. The van der Waals surface area contributed by atoms with E-state index in [9.17, 15) is 14.4 Å². The number of amides is 2. The van der Waals surface area contributed by atoms with Gasteiger partial charge >= 0.3 is 12.1 Å². The number of alkyl halides is 3. The van der Waals surface area contributed by atoms with Crippen LogP contribution in [0.5, 0.6) is 0 Å². The lowest BCUT2D eigenvalue weighted by Gasteiger charge is -2.36. The molecule has 2 amide bonds. The van der Waals surface area contributed by atoms with E-state index in [4.69, 9.17) is 39.5 Å². The zero-order chi connectivity index (χ0) is 17.7. The molecule has 1 saturated heterocycles. The molecule has 11 heteroatoms. The van der Waals surface area contributed by atoms with Gasteiger partial charge in [-0.25, -0.2) is 4.79 Å². The van der Waals surface area contributed by atoms with E-state index in [1.165, 1.54) is 11.3 Å². The minimum atomic E-state index is -1.74. The van der Waals surface area contributed by atoms with Crippen molar-refractivity contribution >= 4 is 64.1 Å². The molecule has 2 unspecified atom stereocenters. The van der Waals surface area contributed by atoms with E-state index in [1.807, 2.05) is 17.5 Å². The van der Waals surface area contributed by atoms with Crippen molar-refractivity contribution in [1.29, 1.82) is 0 Å². The van der Waals surface area contributed by atoms with Gasteiger partial charge in [-0.15, -0.1) is 11.3 Å². The molecule has 1 aliphatic rings. The smallest absolute Gasteiger partial charge is 0.408 e. The summed E-state index contributed by atoms with van der Waals surface area (Å²) in [6, 6.07) is 2.25. The standard InChI is InChI=1S/C13H13Cl3N2O5S/c14-13(15,16)6-23-12(21)18-10-8(17-11(10)20)5-22-9(19)4-7-2-1-3-24-7/h1-3,8,10H,4-6H2,(H,17,20)(H,18,21). The SMILES string of the molecule is O=C(Cc1cccs1)OCC1NC(=O)C1NC(=O)OCC(Cl)(Cl)Cl. The van der Waals surface area contributed by atoms with Crippen LogP contribution in [0.4, 0.5) is 4.79 Å². The lowest BCUT2D eigenvalue weighted by Crippen LogP contribution is -2.70. The number of carbonyl (C=O) groups excluding carboxylic acids is 3. The fourth-order valence-electron chi connectivity index (χ4n) is 1.85. The van der Waals surface area contributed by atoms with Crippen molar-refractivity contribution in [1.82, 2.24) is 10.6 Å². The Bertz CT molecular complexity index is 605. The van der Waals surface area contributed by atoms with E-state index in [0.717, 1.165) is 4.88 Å². The van der Waals surface area contributed by atoms with Gasteiger partial charge in [-0.2, -0.15) is 0 Å². The first-order valence-electron chi connectivity index (χ1n) is 6.73. The quantitative estimate of drug-likeness (QED) is 0.420. The first-order chi connectivity index (χ1) is 11.2. The van der Waals surface area contributed by atoms with Gasteiger partial charge in [-0.1, -0.05) is 40.9 Å². The second kappa shape index (κ2) is 8.24. The highest BCUT2D eigenvalue weighted by molar-refractivity contribution is 7.10. The maximum Gasteiger partial charge on any atom is 0.408 e. The van der Waals surface area contributed by atoms with Gasteiger partial charge in [0.15, 0.2) is 0 Å². The fourth-order valence-corrected chi connectivity index (χ4v) is 2.71. The fraction of sp³-hybridized carbons (Fsp3) is 0.462. The third-order valence-electron chi connectivity index (χ3n) is 2.98. The molecular formula is C13H13Cl3N2O5S. The average Bonchev–Trinajstić information content (AvgIpc) is 2.99. The molecule has 0 radical (unpaired) electrons. The summed E-state index contributed by atoms with van der Waals surface area (Å²) in [6.45, 7) is -0.524. The van der Waals surface area contributed by atoms with Gasteiger partial charge in [-0.3, -0.25) is 9.59 Å². The van der Waals surface area contributed by atoms with E-state index in [1.54, 1.807) is 0 Å². The predicted octanol–water partition coefficient (Wildman–Crippen LogP) is 1.80. The molecule has 1 aliphatic heterocycles. The van der Waals surface area contributed by atoms with Gasteiger partial charge in [-0.05, 0) is 11.4 Å². The number of nitrogens with one attached hydrogen (secondary N) is 2. The zero-order valence-corrected chi connectivity index (χ0v) is 15.2. The van der Waals surface area contributed by atoms with Crippen LogP contribution in [-0.2, 0) is 25.5 Å². The molecule has 2 atom stereocenters. The Labute approximate surface area is 156 Å². The molecule has 0 saturated carbocycles. The van der Waals surface area contributed by atoms with E-state index in [0.29, 0.717) is 0 Å². The Morgan fingerprint density at radius 2 is 2.08 bits per heavy atom. The number of hydrogen-bond donors (Lipinski definition) is 2. The van der Waals surface area contributed by atoms with E-state index in [2.05, 4.69) is 15.4 Å². The molecule has 1 aromatic heterocycles. The number of rotatable bonds is 6. The van der Waals surface area contributed by atoms with E-state index < -0.39 is 40.5 Å². The molecule has 2 rings (SSSR count). The lowest BCUT2D eigenvalue weighted by atomic mass is 10.0. The minimum Gasteiger partial charge on any atom is -0.463 e. The first kappa shape index (κ1) is 19.1. The molecule has 2 N–H and O–H groups in total. The van der Waals surface area contributed by atoms with Gasteiger partial charge in [0.25, 0.3) is 0 Å². The predicted molar refractivity (Wildman–Crippen MR) is 89.5 cm³/mol. The molecule has 7 nitrogen and oxygen atoms in total. The van der Waals surface area contributed by atoms with Gasteiger partial charge in [0.05, 0.1) is 12.5 Å². The van der Waals surface area contributed by atoms with Crippen LogP contribution < -0.4 is 10.6 Å². The summed E-state index contributed by atoms with van der Waals surface area (Å²) in [7, 11) is 0. The molecule has 0 aromatic carbocycles. The van der Waals surface area contributed by atoms with Crippen LogP contribution in [-0.4, -0.2) is 47.1 Å². The van der Waals surface area contributed by atoms with Gasteiger partial charge in [0.1, 0.15) is 19.3 Å². The first-order valence-corrected chi connectivity index (χ1v) is 8.74. The molecule has 0 bridgehead atoms. The Balaban J connectivity index is 1.72. The Morgan fingerprint density at radius 1 is 1.33 bits per heavy atom. The molecule has 0 aliphatic carbocycles. The van der Waals surface area contributed by atoms with Crippen molar-refractivity contribution in [3.63, 3.8) is 0 Å². The summed E-state index contributed by atoms with van der Waals surface area (Å²) in [6.07, 6.45) is -0.752.